The van der Waals surface area contributed by atoms with Gasteiger partial charge in [0.05, 0.1) is 6.54 Å². The average Bonchev–Trinajstić information content (AvgIpc) is 2.17. The van der Waals surface area contributed by atoms with Crippen LogP contribution in [-0.2, 0) is 11.2 Å². The number of hydrogen-bond donors (Lipinski definition) is 2. The van der Waals surface area contributed by atoms with E-state index in [1.165, 1.54) is 0 Å². The normalized spacial score (nSPS) is 19.3. The number of carbonyl (C=O) groups excluding carboxylic acids is 1. The molecule has 1 aromatic rings. The summed E-state index contributed by atoms with van der Waals surface area (Å²) in [6, 6.07) is 7.96. The van der Waals surface area contributed by atoms with Crippen LogP contribution in [0.25, 0.3) is 0 Å². The Morgan fingerprint density at radius 2 is 2.29 bits per heavy atom. The first-order valence-electron chi connectivity index (χ1n) is 4.53. The van der Waals surface area contributed by atoms with Gasteiger partial charge in [-0.15, -0.1) is 0 Å². The summed E-state index contributed by atoms with van der Waals surface area (Å²) in [7, 11) is 0. The van der Waals surface area contributed by atoms with Crippen molar-refractivity contribution in [2.75, 3.05) is 11.9 Å². The smallest absolute Gasteiger partial charge is 0.404 e. The van der Waals surface area contributed by atoms with Gasteiger partial charge in [0.25, 0.3) is 0 Å². The molecule has 0 bridgehead atoms. The number of ether oxygens (including phenoxy) is 1. The lowest BCUT2D eigenvalue weighted by molar-refractivity contribution is 0.111. The zero-order valence-electron chi connectivity index (χ0n) is 7.69. The number of rotatable bonds is 1. The van der Waals surface area contributed by atoms with Crippen LogP contribution in [0.3, 0.4) is 0 Å². The summed E-state index contributed by atoms with van der Waals surface area (Å²) >= 11 is 0. The molecule has 1 atom stereocenters. The van der Waals surface area contributed by atoms with Gasteiger partial charge in [0.2, 0.25) is 0 Å². The number of anilines is 1. The molecule has 4 heteroatoms. The minimum absolute atomic E-state index is 0.151. The predicted octanol–water partition coefficient (Wildman–Crippen LogP) is 1.12. The van der Waals surface area contributed by atoms with Crippen molar-refractivity contribution >= 4 is 11.8 Å². The van der Waals surface area contributed by atoms with Crippen molar-refractivity contribution in [1.82, 2.24) is 0 Å². The predicted molar refractivity (Wildman–Crippen MR) is 53.1 cm³/mol. The number of nitrogens with two attached hydrogens (primary N) is 1. The van der Waals surface area contributed by atoms with Gasteiger partial charge in [0.1, 0.15) is 6.10 Å². The largest absolute Gasteiger partial charge is 0.444 e. The topological polar surface area (TPSA) is 64.4 Å². The van der Waals surface area contributed by atoms with Crippen molar-refractivity contribution in [3.8, 4) is 0 Å². The van der Waals surface area contributed by atoms with E-state index in [0.717, 1.165) is 17.7 Å². The molecule has 0 radical (unpaired) electrons. The van der Waals surface area contributed by atoms with Crippen LogP contribution in [0.2, 0.25) is 0 Å². The molecule has 1 heterocycles. The van der Waals surface area contributed by atoms with Gasteiger partial charge in [-0.05, 0) is 11.6 Å². The number of benzene rings is 1. The van der Waals surface area contributed by atoms with Crippen LogP contribution in [0.1, 0.15) is 5.56 Å². The van der Waals surface area contributed by atoms with E-state index in [4.69, 9.17) is 10.5 Å². The molecule has 0 fully saturated rings. The zero-order chi connectivity index (χ0) is 9.97. The molecule has 3 N–H and O–H groups in total. The van der Waals surface area contributed by atoms with Crippen molar-refractivity contribution in [2.45, 2.75) is 12.5 Å². The highest BCUT2D eigenvalue weighted by molar-refractivity contribution is 5.65. The average molecular weight is 192 g/mol. The molecule has 14 heavy (non-hydrogen) atoms. The third-order valence-electron chi connectivity index (χ3n) is 2.27. The van der Waals surface area contributed by atoms with Gasteiger partial charge in [0.15, 0.2) is 0 Å². The van der Waals surface area contributed by atoms with Crippen LogP contribution in [0.4, 0.5) is 10.5 Å². The van der Waals surface area contributed by atoms with Crippen molar-refractivity contribution in [3.05, 3.63) is 29.8 Å². The Morgan fingerprint density at radius 3 is 3.07 bits per heavy atom. The number of para-hydroxylation sites is 1. The standard InChI is InChI=1S/C10H12N2O2/c11-10(13)14-8-5-7-3-1-2-4-9(7)12-6-8/h1-4,8,12H,5-6H2,(H2,11,13). The van der Waals surface area contributed by atoms with Crippen molar-refractivity contribution in [2.24, 2.45) is 5.73 Å². The van der Waals surface area contributed by atoms with Gasteiger partial charge in [-0.2, -0.15) is 0 Å². The summed E-state index contributed by atoms with van der Waals surface area (Å²) in [6.45, 7) is 0.625. The first kappa shape index (κ1) is 8.87. The summed E-state index contributed by atoms with van der Waals surface area (Å²) < 4.78 is 4.92. The van der Waals surface area contributed by atoms with E-state index in [2.05, 4.69) is 5.32 Å². The quantitative estimate of drug-likeness (QED) is 0.700. The first-order valence-corrected chi connectivity index (χ1v) is 4.53. The lowest BCUT2D eigenvalue weighted by atomic mass is 10.0. The van der Waals surface area contributed by atoms with Gasteiger partial charge in [-0.3, -0.25) is 0 Å². The Balaban J connectivity index is 2.09. The number of amides is 1. The minimum Gasteiger partial charge on any atom is -0.444 e. The van der Waals surface area contributed by atoms with E-state index in [1.54, 1.807) is 0 Å². The van der Waals surface area contributed by atoms with E-state index in [1.807, 2.05) is 24.3 Å². The molecule has 0 saturated heterocycles. The molecule has 0 aromatic heterocycles. The Labute approximate surface area is 82.1 Å². The van der Waals surface area contributed by atoms with Gasteiger partial charge in [-0.1, -0.05) is 18.2 Å². The van der Waals surface area contributed by atoms with E-state index < -0.39 is 6.09 Å². The highest BCUT2D eigenvalue weighted by atomic mass is 16.6. The van der Waals surface area contributed by atoms with Crippen molar-refractivity contribution in [3.63, 3.8) is 0 Å². The fraction of sp³-hybridized carbons (Fsp3) is 0.300. The maximum Gasteiger partial charge on any atom is 0.404 e. The van der Waals surface area contributed by atoms with Crippen LogP contribution >= 0.6 is 0 Å². The molecule has 1 amide bonds. The van der Waals surface area contributed by atoms with E-state index in [0.29, 0.717) is 6.54 Å². The summed E-state index contributed by atoms with van der Waals surface area (Å²) in [5.41, 5.74) is 7.22. The second kappa shape index (κ2) is 3.57. The SMILES string of the molecule is NC(=O)OC1CNc2ccccc2C1. The maximum absolute atomic E-state index is 10.6. The van der Waals surface area contributed by atoms with Crippen LogP contribution < -0.4 is 11.1 Å². The van der Waals surface area contributed by atoms with Gasteiger partial charge in [0, 0.05) is 12.1 Å². The number of nitrogens with one attached hydrogen (secondary N) is 1. The molecule has 0 saturated carbocycles. The van der Waals surface area contributed by atoms with E-state index in [-0.39, 0.29) is 6.10 Å². The molecule has 1 aromatic carbocycles. The molecule has 4 nitrogen and oxygen atoms in total. The third kappa shape index (κ3) is 1.79. The number of primary amides is 1. The Kier molecular flexibility index (Phi) is 2.26. The summed E-state index contributed by atoms with van der Waals surface area (Å²) in [6.07, 6.45) is -0.134. The van der Waals surface area contributed by atoms with Crippen LogP contribution in [0.5, 0.6) is 0 Å². The molecule has 1 aliphatic heterocycles. The second-order valence-corrected chi connectivity index (χ2v) is 3.30. The molecule has 0 aliphatic carbocycles. The number of hydrogen-bond acceptors (Lipinski definition) is 3. The molecule has 0 spiro atoms. The molecule has 1 aliphatic rings. The molecular formula is C10H12N2O2. The first-order chi connectivity index (χ1) is 6.75. The summed E-state index contributed by atoms with van der Waals surface area (Å²) in [5.74, 6) is 0. The lowest BCUT2D eigenvalue weighted by Crippen LogP contribution is -2.34. The lowest BCUT2D eigenvalue weighted by Gasteiger charge is -2.25. The van der Waals surface area contributed by atoms with Crippen LogP contribution in [-0.4, -0.2) is 18.7 Å². The van der Waals surface area contributed by atoms with Gasteiger partial charge in [-0.25, -0.2) is 4.79 Å². The summed E-state index contributed by atoms with van der Waals surface area (Å²) in [5, 5.41) is 3.19. The van der Waals surface area contributed by atoms with Crippen LogP contribution in [0, 0.1) is 0 Å². The fourth-order valence-electron chi connectivity index (χ4n) is 1.66. The molecular weight excluding hydrogens is 180 g/mol. The Morgan fingerprint density at radius 1 is 1.50 bits per heavy atom. The van der Waals surface area contributed by atoms with Crippen molar-refractivity contribution in [1.29, 1.82) is 0 Å². The third-order valence-corrected chi connectivity index (χ3v) is 2.27. The van der Waals surface area contributed by atoms with Gasteiger partial charge < -0.3 is 15.8 Å². The highest BCUT2D eigenvalue weighted by Crippen LogP contribution is 2.22. The fourth-order valence-corrected chi connectivity index (χ4v) is 1.66. The zero-order valence-corrected chi connectivity index (χ0v) is 7.69. The molecule has 74 valence electrons. The van der Waals surface area contributed by atoms with Crippen molar-refractivity contribution < 1.29 is 9.53 Å². The maximum atomic E-state index is 10.6. The van der Waals surface area contributed by atoms with E-state index >= 15 is 0 Å². The Hall–Kier alpha value is -1.71. The highest BCUT2D eigenvalue weighted by Gasteiger charge is 2.19. The number of fused-ring (bicyclic) bond motifs is 1. The molecule has 2 rings (SSSR count). The second-order valence-electron chi connectivity index (χ2n) is 3.30. The van der Waals surface area contributed by atoms with E-state index in [9.17, 15) is 4.79 Å². The number of carbonyl (C=O) groups is 1. The summed E-state index contributed by atoms with van der Waals surface area (Å²) in [4.78, 5) is 10.6. The Bertz CT molecular complexity index is 352. The molecule has 1 unspecified atom stereocenters. The van der Waals surface area contributed by atoms with Crippen LogP contribution in [0.15, 0.2) is 24.3 Å². The monoisotopic (exact) mass is 192 g/mol. The van der Waals surface area contributed by atoms with Gasteiger partial charge >= 0.3 is 6.09 Å². The minimum atomic E-state index is -0.712.